The van der Waals surface area contributed by atoms with Gasteiger partial charge in [-0.1, -0.05) is 5.21 Å². The van der Waals surface area contributed by atoms with Crippen LogP contribution in [0.1, 0.15) is 29.4 Å². The van der Waals surface area contributed by atoms with E-state index in [9.17, 15) is 18.4 Å². The van der Waals surface area contributed by atoms with Crippen molar-refractivity contribution in [3.8, 4) is 0 Å². The molecule has 0 spiro atoms. The average molecular weight is 378 g/mol. The summed E-state index contributed by atoms with van der Waals surface area (Å²) >= 11 is 0. The summed E-state index contributed by atoms with van der Waals surface area (Å²) in [5.74, 6) is -2.65. The summed E-state index contributed by atoms with van der Waals surface area (Å²) in [5, 5.41) is 13.5. The second kappa shape index (κ2) is 8.21. The molecule has 1 aromatic carbocycles. The summed E-state index contributed by atoms with van der Waals surface area (Å²) in [6.07, 6.45) is 3.38. The van der Waals surface area contributed by atoms with Crippen LogP contribution in [0.2, 0.25) is 0 Å². The maximum atomic E-state index is 13.2. The van der Waals surface area contributed by atoms with E-state index in [1.54, 1.807) is 10.9 Å². The molecule has 1 aliphatic heterocycles. The van der Waals surface area contributed by atoms with Crippen molar-refractivity contribution in [2.45, 2.75) is 18.9 Å². The van der Waals surface area contributed by atoms with Crippen molar-refractivity contribution in [2.75, 3.05) is 32.0 Å². The molecule has 1 aromatic heterocycles. The van der Waals surface area contributed by atoms with Crippen LogP contribution in [0.3, 0.4) is 0 Å². The largest absolute Gasteiger partial charge is 0.331 e. The number of nitrogens with one attached hydrogen (secondary N) is 2. The number of carbonyl (C=O) groups is 2. The topological polar surface area (TPSA) is 92.2 Å². The molecule has 0 unspecified atom stereocenters. The van der Waals surface area contributed by atoms with Crippen LogP contribution in [0.5, 0.6) is 0 Å². The van der Waals surface area contributed by atoms with E-state index < -0.39 is 23.4 Å². The molecule has 0 bridgehead atoms. The number of amides is 2. The quantitative estimate of drug-likeness (QED) is 0.816. The third-order valence-corrected chi connectivity index (χ3v) is 4.29. The predicted molar refractivity (Wildman–Crippen MR) is 93.1 cm³/mol. The number of aromatic nitrogens is 3. The van der Waals surface area contributed by atoms with Crippen LogP contribution in [0, 0.1) is 11.6 Å². The van der Waals surface area contributed by atoms with Crippen LogP contribution in [-0.2, 0) is 4.79 Å². The molecule has 144 valence electrons. The maximum Gasteiger partial charge on any atom is 0.276 e. The highest BCUT2D eigenvalue weighted by Gasteiger charge is 2.21. The highest BCUT2D eigenvalue weighted by Crippen LogP contribution is 2.17. The molecule has 1 saturated heterocycles. The van der Waals surface area contributed by atoms with Gasteiger partial charge in [-0.2, -0.15) is 0 Å². The van der Waals surface area contributed by atoms with E-state index in [0.29, 0.717) is 6.07 Å². The van der Waals surface area contributed by atoms with E-state index in [1.165, 1.54) is 11.9 Å². The standard InChI is InChI=1S/C17H20F2N6O2/c1-24(10-16(26)21-13-7-11(18)6-12(19)8-13)17(27)15-9-25(23-22-15)14-2-4-20-5-3-14/h6-9,14,20H,2-5,10H2,1H3,(H,21,26). The number of carbonyl (C=O) groups excluding carboxylic acids is 2. The molecule has 2 heterocycles. The lowest BCUT2D eigenvalue weighted by Gasteiger charge is -2.22. The maximum absolute atomic E-state index is 13.2. The lowest BCUT2D eigenvalue weighted by molar-refractivity contribution is -0.116. The van der Waals surface area contributed by atoms with Crippen LogP contribution < -0.4 is 10.6 Å². The number of likely N-dealkylation sites (N-methyl/N-ethyl adjacent to an activating group) is 1. The lowest BCUT2D eigenvalue weighted by atomic mass is 10.1. The molecule has 2 amide bonds. The fourth-order valence-corrected chi connectivity index (χ4v) is 2.93. The van der Waals surface area contributed by atoms with Gasteiger partial charge in [0, 0.05) is 18.8 Å². The molecule has 3 rings (SSSR count). The van der Waals surface area contributed by atoms with Crippen molar-refractivity contribution in [1.29, 1.82) is 0 Å². The number of benzene rings is 1. The molecule has 0 saturated carbocycles. The van der Waals surface area contributed by atoms with Crippen LogP contribution in [0.25, 0.3) is 0 Å². The number of halogens is 2. The van der Waals surface area contributed by atoms with Crippen LogP contribution in [-0.4, -0.2) is 58.4 Å². The Morgan fingerprint density at radius 3 is 2.59 bits per heavy atom. The molecular weight excluding hydrogens is 358 g/mol. The van der Waals surface area contributed by atoms with Crippen molar-refractivity contribution >= 4 is 17.5 Å². The van der Waals surface area contributed by atoms with Gasteiger partial charge in [-0.05, 0) is 38.1 Å². The minimum Gasteiger partial charge on any atom is -0.331 e. The summed E-state index contributed by atoms with van der Waals surface area (Å²) < 4.78 is 28.0. The molecule has 0 radical (unpaired) electrons. The minimum absolute atomic E-state index is 0.0183. The predicted octanol–water partition coefficient (Wildman–Crippen LogP) is 1.19. The molecule has 2 aromatic rings. The molecule has 8 nitrogen and oxygen atoms in total. The van der Waals surface area contributed by atoms with E-state index in [4.69, 9.17) is 0 Å². The van der Waals surface area contributed by atoms with Gasteiger partial charge in [-0.15, -0.1) is 5.10 Å². The Balaban J connectivity index is 1.58. The molecule has 2 N–H and O–H groups in total. The summed E-state index contributed by atoms with van der Waals surface area (Å²) in [5.41, 5.74) is 0.121. The van der Waals surface area contributed by atoms with E-state index in [2.05, 4.69) is 20.9 Å². The number of anilines is 1. The highest BCUT2D eigenvalue weighted by molar-refractivity contribution is 5.98. The molecule has 1 fully saturated rings. The third-order valence-electron chi connectivity index (χ3n) is 4.29. The van der Waals surface area contributed by atoms with Gasteiger partial charge in [0.05, 0.1) is 18.8 Å². The van der Waals surface area contributed by atoms with Crippen LogP contribution in [0.4, 0.5) is 14.5 Å². The van der Waals surface area contributed by atoms with Gasteiger partial charge in [-0.3, -0.25) is 9.59 Å². The number of nitrogens with zero attached hydrogens (tertiary/aromatic N) is 4. The lowest BCUT2D eigenvalue weighted by Crippen LogP contribution is -2.35. The number of piperidine rings is 1. The van der Waals surface area contributed by atoms with Gasteiger partial charge in [0.2, 0.25) is 5.91 Å². The van der Waals surface area contributed by atoms with Crippen molar-refractivity contribution in [3.05, 3.63) is 41.7 Å². The first kappa shape index (κ1) is 18.9. The van der Waals surface area contributed by atoms with Gasteiger partial charge < -0.3 is 15.5 Å². The number of rotatable bonds is 5. The van der Waals surface area contributed by atoms with E-state index in [1.807, 2.05) is 0 Å². The Hall–Kier alpha value is -2.88. The highest BCUT2D eigenvalue weighted by atomic mass is 19.1. The van der Waals surface area contributed by atoms with Crippen LogP contribution in [0.15, 0.2) is 24.4 Å². The Morgan fingerprint density at radius 2 is 1.93 bits per heavy atom. The monoisotopic (exact) mass is 378 g/mol. The summed E-state index contributed by atoms with van der Waals surface area (Å²) in [4.78, 5) is 25.6. The van der Waals surface area contributed by atoms with Crippen molar-refractivity contribution in [2.24, 2.45) is 0 Å². The number of hydrogen-bond acceptors (Lipinski definition) is 5. The van der Waals surface area contributed by atoms with E-state index >= 15 is 0 Å². The van der Waals surface area contributed by atoms with Gasteiger partial charge in [0.15, 0.2) is 5.69 Å². The smallest absolute Gasteiger partial charge is 0.276 e. The SMILES string of the molecule is CN(CC(=O)Nc1cc(F)cc(F)c1)C(=O)c1cn(C2CCNCC2)nn1. The van der Waals surface area contributed by atoms with Gasteiger partial charge in [-0.25, -0.2) is 13.5 Å². The van der Waals surface area contributed by atoms with Gasteiger partial charge in [0.25, 0.3) is 5.91 Å². The number of hydrogen-bond donors (Lipinski definition) is 2. The Bertz CT molecular complexity index is 814. The van der Waals surface area contributed by atoms with Crippen LogP contribution >= 0.6 is 0 Å². The first-order valence-electron chi connectivity index (χ1n) is 8.56. The molecule has 10 heteroatoms. The second-order valence-electron chi connectivity index (χ2n) is 6.43. The summed E-state index contributed by atoms with van der Waals surface area (Å²) in [6.45, 7) is 1.47. The molecular formula is C17H20F2N6O2. The van der Waals surface area contributed by atoms with Gasteiger partial charge >= 0.3 is 0 Å². The summed E-state index contributed by atoms with van der Waals surface area (Å²) in [7, 11) is 1.44. The first-order chi connectivity index (χ1) is 12.9. The van der Waals surface area contributed by atoms with Gasteiger partial charge in [0.1, 0.15) is 11.6 Å². The van der Waals surface area contributed by atoms with Crippen molar-refractivity contribution < 1.29 is 18.4 Å². The van der Waals surface area contributed by atoms with Crippen molar-refractivity contribution in [3.63, 3.8) is 0 Å². The first-order valence-corrected chi connectivity index (χ1v) is 8.56. The van der Waals surface area contributed by atoms with E-state index in [0.717, 1.165) is 38.1 Å². The zero-order chi connectivity index (χ0) is 19.4. The molecule has 27 heavy (non-hydrogen) atoms. The third kappa shape index (κ3) is 4.85. The zero-order valence-electron chi connectivity index (χ0n) is 14.8. The Labute approximate surface area is 154 Å². The second-order valence-corrected chi connectivity index (χ2v) is 6.43. The normalized spacial score (nSPS) is 14.8. The minimum atomic E-state index is -0.802. The Morgan fingerprint density at radius 1 is 1.26 bits per heavy atom. The van der Waals surface area contributed by atoms with Crippen molar-refractivity contribution in [1.82, 2.24) is 25.2 Å². The molecule has 1 aliphatic rings. The molecule has 0 aliphatic carbocycles. The summed E-state index contributed by atoms with van der Waals surface area (Å²) in [6, 6.07) is 2.88. The fraction of sp³-hybridized carbons (Fsp3) is 0.412. The fourth-order valence-electron chi connectivity index (χ4n) is 2.93. The molecule has 0 atom stereocenters. The Kier molecular flexibility index (Phi) is 5.75. The average Bonchev–Trinajstić information content (AvgIpc) is 3.10. The van der Waals surface area contributed by atoms with E-state index in [-0.39, 0.29) is 24.0 Å². The zero-order valence-corrected chi connectivity index (χ0v) is 14.8.